The van der Waals surface area contributed by atoms with E-state index in [2.05, 4.69) is 46.7 Å². The SMILES string of the molecule is CC[C@H]1[C@@H](C)[C@@H](/C(C[C@H]2O[C@H](OC)[C@](C)(OC)[C@@H](CC)[C@H]2C)=N/OC)O[C@H](OC)[C@]1(C)OC. The van der Waals surface area contributed by atoms with Gasteiger partial charge in [-0.3, -0.25) is 0 Å². The predicted molar refractivity (Wildman–Crippen MR) is 127 cm³/mol. The van der Waals surface area contributed by atoms with Crippen LogP contribution in [0, 0.1) is 23.7 Å². The minimum atomic E-state index is -0.555. The molecule has 0 aromatic heterocycles. The van der Waals surface area contributed by atoms with Gasteiger partial charge in [-0.25, -0.2) is 0 Å². The Morgan fingerprint density at radius 2 is 1.27 bits per heavy atom. The first-order valence-electron chi connectivity index (χ1n) is 12.2. The normalized spacial score (nSPS) is 44.6. The highest BCUT2D eigenvalue weighted by Crippen LogP contribution is 2.46. The zero-order valence-corrected chi connectivity index (χ0v) is 22.5. The standard InChI is InChI=1S/C25H47NO7/c1-12-17-15(3)20(32-22(27-7)24(17,5)29-9)14-19(26-31-11)21-16(4)18(13-2)25(6,30-10)23(28-8)33-21/h15-18,20-23H,12-14H2,1-11H3/b26-19+/t15-,16-,17+,18+,20-,21+,22+,23+,24-,25-/m1/s1. The maximum Gasteiger partial charge on any atom is 0.187 e. The molecule has 8 nitrogen and oxygen atoms in total. The Bertz CT molecular complexity index is 646. The number of oxime groups is 1. The van der Waals surface area contributed by atoms with Gasteiger partial charge in [-0.05, 0) is 37.5 Å². The lowest BCUT2D eigenvalue weighted by atomic mass is 9.69. The highest BCUT2D eigenvalue weighted by molar-refractivity contribution is 5.89. The molecular formula is C25H47NO7. The van der Waals surface area contributed by atoms with Gasteiger partial charge in [0.05, 0.1) is 11.8 Å². The fourth-order valence-electron chi connectivity index (χ4n) is 6.45. The third-order valence-electron chi connectivity index (χ3n) is 8.45. The lowest BCUT2D eigenvalue weighted by Crippen LogP contribution is -2.62. The van der Waals surface area contributed by atoms with Crippen molar-refractivity contribution in [1.82, 2.24) is 0 Å². The van der Waals surface area contributed by atoms with Gasteiger partial charge in [0.25, 0.3) is 0 Å². The topological polar surface area (TPSA) is 77.0 Å². The first-order valence-corrected chi connectivity index (χ1v) is 12.2. The van der Waals surface area contributed by atoms with Crippen LogP contribution in [-0.4, -0.2) is 77.3 Å². The quantitative estimate of drug-likeness (QED) is 0.347. The molecule has 0 saturated carbocycles. The van der Waals surface area contributed by atoms with Gasteiger partial charge in [-0.1, -0.05) is 45.7 Å². The minimum Gasteiger partial charge on any atom is -0.399 e. The van der Waals surface area contributed by atoms with E-state index >= 15 is 0 Å². The molecule has 0 radical (unpaired) electrons. The van der Waals surface area contributed by atoms with E-state index in [1.54, 1.807) is 35.5 Å². The molecule has 0 aromatic carbocycles. The molecule has 2 aliphatic heterocycles. The van der Waals surface area contributed by atoms with Crippen LogP contribution in [0.3, 0.4) is 0 Å². The maximum atomic E-state index is 6.48. The van der Waals surface area contributed by atoms with Crippen molar-refractivity contribution in [2.75, 3.05) is 35.5 Å². The molecule has 8 heteroatoms. The van der Waals surface area contributed by atoms with Gasteiger partial charge in [0.2, 0.25) is 0 Å². The number of methoxy groups -OCH3 is 4. The molecular weight excluding hydrogens is 426 g/mol. The maximum absolute atomic E-state index is 6.48. The lowest BCUT2D eigenvalue weighted by molar-refractivity contribution is -0.311. The molecule has 2 fully saturated rings. The molecule has 194 valence electrons. The van der Waals surface area contributed by atoms with E-state index in [0.29, 0.717) is 6.42 Å². The molecule has 2 aliphatic rings. The fraction of sp³-hybridized carbons (Fsp3) is 0.960. The predicted octanol–water partition coefficient (Wildman–Crippen LogP) is 4.26. The Labute approximate surface area is 200 Å². The largest absolute Gasteiger partial charge is 0.399 e. The molecule has 2 rings (SSSR count). The van der Waals surface area contributed by atoms with Gasteiger partial charge in [0, 0.05) is 34.9 Å². The Kier molecular flexibility index (Phi) is 10.2. The second-order valence-electron chi connectivity index (χ2n) is 9.86. The molecule has 0 aromatic rings. The van der Waals surface area contributed by atoms with E-state index in [1.165, 1.54) is 0 Å². The first-order chi connectivity index (χ1) is 15.6. The molecule has 10 atom stereocenters. The van der Waals surface area contributed by atoms with Crippen LogP contribution >= 0.6 is 0 Å². The lowest BCUT2D eigenvalue weighted by Gasteiger charge is -2.53. The van der Waals surface area contributed by atoms with Crippen molar-refractivity contribution in [2.45, 2.75) is 96.8 Å². The van der Waals surface area contributed by atoms with Gasteiger partial charge < -0.3 is 33.3 Å². The van der Waals surface area contributed by atoms with Gasteiger partial charge in [-0.2, -0.15) is 0 Å². The van der Waals surface area contributed by atoms with Crippen LogP contribution in [0.4, 0.5) is 0 Å². The Morgan fingerprint density at radius 1 is 0.788 bits per heavy atom. The van der Waals surface area contributed by atoms with Gasteiger partial charge in [-0.15, -0.1) is 0 Å². The molecule has 33 heavy (non-hydrogen) atoms. The van der Waals surface area contributed by atoms with Crippen molar-refractivity contribution < 1.29 is 33.3 Å². The summed E-state index contributed by atoms with van der Waals surface area (Å²) >= 11 is 0. The molecule has 0 unspecified atom stereocenters. The molecule has 2 saturated heterocycles. The average Bonchev–Trinajstić information content (AvgIpc) is 2.81. The smallest absolute Gasteiger partial charge is 0.187 e. The zero-order valence-electron chi connectivity index (χ0n) is 22.5. The van der Waals surface area contributed by atoms with E-state index in [0.717, 1.165) is 18.6 Å². The minimum absolute atomic E-state index is 0.121. The number of hydrogen-bond donors (Lipinski definition) is 0. The second kappa shape index (κ2) is 11.8. The Balaban J connectivity index is 2.36. The zero-order chi connectivity index (χ0) is 25.0. The number of nitrogens with zero attached hydrogens (tertiary/aromatic N) is 1. The van der Waals surface area contributed by atoms with E-state index in [-0.39, 0.29) is 35.9 Å². The molecule has 2 heterocycles. The summed E-state index contributed by atoms with van der Waals surface area (Å²) in [6.45, 7) is 12.9. The van der Waals surface area contributed by atoms with Crippen molar-refractivity contribution in [3.8, 4) is 0 Å². The summed E-state index contributed by atoms with van der Waals surface area (Å²) in [5.41, 5.74) is -0.270. The summed E-state index contributed by atoms with van der Waals surface area (Å²) in [7, 11) is 8.33. The van der Waals surface area contributed by atoms with Crippen LogP contribution in [-0.2, 0) is 33.3 Å². The van der Waals surface area contributed by atoms with Crippen molar-refractivity contribution in [3.05, 3.63) is 0 Å². The highest BCUT2D eigenvalue weighted by Gasteiger charge is 2.55. The van der Waals surface area contributed by atoms with Gasteiger partial charge in [0.15, 0.2) is 12.6 Å². The third kappa shape index (κ3) is 5.11. The van der Waals surface area contributed by atoms with E-state index in [1.807, 2.05) is 0 Å². The van der Waals surface area contributed by atoms with Crippen LogP contribution in [0.2, 0.25) is 0 Å². The summed E-state index contributed by atoms with van der Waals surface area (Å²) in [6, 6.07) is 0. The van der Waals surface area contributed by atoms with E-state index in [9.17, 15) is 0 Å². The van der Waals surface area contributed by atoms with Crippen molar-refractivity contribution >= 4 is 5.71 Å². The number of hydrogen-bond acceptors (Lipinski definition) is 8. The summed E-state index contributed by atoms with van der Waals surface area (Å²) in [6.07, 6.45) is 1.05. The monoisotopic (exact) mass is 473 g/mol. The molecule has 0 spiro atoms. The second-order valence-corrected chi connectivity index (χ2v) is 9.86. The Morgan fingerprint density at radius 3 is 1.70 bits per heavy atom. The van der Waals surface area contributed by atoms with Crippen LogP contribution in [0.15, 0.2) is 5.16 Å². The first kappa shape index (κ1) is 28.5. The molecule has 0 N–H and O–H groups in total. The molecule has 0 bridgehead atoms. The average molecular weight is 474 g/mol. The third-order valence-corrected chi connectivity index (χ3v) is 8.45. The summed E-state index contributed by atoms with van der Waals surface area (Å²) < 4.78 is 36.3. The van der Waals surface area contributed by atoms with Crippen LogP contribution < -0.4 is 0 Å². The fourth-order valence-corrected chi connectivity index (χ4v) is 6.45. The summed E-state index contributed by atoms with van der Waals surface area (Å²) in [4.78, 5) is 5.29. The van der Waals surface area contributed by atoms with Gasteiger partial charge in [0.1, 0.15) is 24.4 Å². The van der Waals surface area contributed by atoms with Crippen molar-refractivity contribution in [2.24, 2.45) is 28.8 Å². The van der Waals surface area contributed by atoms with Gasteiger partial charge >= 0.3 is 0 Å². The highest BCUT2D eigenvalue weighted by atomic mass is 16.7. The van der Waals surface area contributed by atoms with Crippen molar-refractivity contribution in [1.29, 1.82) is 0 Å². The molecule has 0 amide bonds. The number of rotatable bonds is 10. The summed E-state index contributed by atoms with van der Waals surface area (Å²) in [5, 5.41) is 4.44. The number of ether oxygens (including phenoxy) is 6. The van der Waals surface area contributed by atoms with Crippen LogP contribution in [0.25, 0.3) is 0 Å². The van der Waals surface area contributed by atoms with Crippen LogP contribution in [0.1, 0.15) is 60.8 Å². The van der Waals surface area contributed by atoms with Crippen LogP contribution in [0.5, 0.6) is 0 Å². The van der Waals surface area contributed by atoms with E-state index in [4.69, 9.17) is 33.3 Å². The van der Waals surface area contributed by atoms with Crippen molar-refractivity contribution in [3.63, 3.8) is 0 Å². The Hall–Kier alpha value is -0.770. The summed E-state index contributed by atoms with van der Waals surface area (Å²) in [5.74, 6) is 0.830. The molecule has 0 aliphatic carbocycles. The van der Waals surface area contributed by atoms with E-state index < -0.39 is 23.8 Å².